The highest BCUT2D eigenvalue weighted by Gasteiger charge is 2.13. The molecule has 3 heteroatoms. The van der Waals surface area contributed by atoms with Crippen LogP contribution in [0.3, 0.4) is 0 Å². The van der Waals surface area contributed by atoms with E-state index >= 15 is 0 Å². The molecule has 0 spiro atoms. The third-order valence-electron chi connectivity index (χ3n) is 2.84. The van der Waals surface area contributed by atoms with Crippen molar-refractivity contribution in [2.75, 3.05) is 0 Å². The zero-order chi connectivity index (χ0) is 14.0. The number of halogens is 2. The smallest absolute Gasteiger partial charge is 0.167 e. The van der Waals surface area contributed by atoms with E-state index in [9.17, 15) is 4.39 Å². The fourth-order valence-corrected chi connectivity index (χ4v) is 1.87. The van der Waals surface area contributed by atoms with E-state index in [4.69, 9.17) is 16.3 Å². The van der Waals surface area contributed by atoms with Crippen molar-refractivity contribution >= 4 is 11.6 Å². The average molecular weight is 279 g/mol. The molecule has 0 atom stereocenters. The van der Waals surface area contributed by atoms with Crippen molar-refractivity contribution in [3.8, 4) is 11.5 Å². The Balaban J connectivity index is 2.20. The van der Waals surface area contributed by atoms with Crippen LogP contribution in [0, 0.1) is 5.82 Å². The van der Waals surface area contributed by atoms with Crippen LogP contribution in [0.15, 0.2) is 42.5 Å². The van der Waals surface area contributed by atoms with E-state index in [0.717, 1.165) is 0 Å². The van der Waals surface area contributed by atoms with Gasteiger partial charge in [0.15, 0.2) is 11.6 Å². The molecule has 0 N–H and O–H groups in total. The van der Waals surface area contributed by atoms with Gasteiger partial charge >= 0.3 is 0 Å². The lowest BCUT2D eigenvalue weighted by molar-refractivity contribution is 0.441. The maximum absolute atomic E-state index is 13.6. The van der Waals surface area contributed by atoms with Crippen LogP contribution in [0.5, 0.6) is 11.5 Å². The third kappa shape index (κ3) is 3.48. The van der Waals surface area contributed by atoms with Gasteiger partial charge in [0, 0.05) is 5.02 Å². The van der Waals surface area contributed by atoms with Crippen molar-refractivity contribution < 1.29 is 9.13 Å². The maximum atomic E-state index is 13.6. The van der Waals surface area contributed by atoms with Crippen LogP contribution in [0.4, 0.5) is 4.39 Å². The second-order valence-corrected chi connectivity index (χ2v) is 5.89. The lowest BCUT2D eigenvalue weighted by atomic mass is 9.87. The molecule has 0 bridgehead atoms. The summed E-state index contributed by atoms with van der Waals surface area (Å²) in [6, 6.07) is 12.0. The molecular formula is C16H16ClFO. The molecule has 100 valence electrons. The Labute approximate surface area is 118 Å². The van der Waals surface area contributed by atoms with E-state index < -0.39 is 5.82 Å². The Morgan fingerprint density at radius 3 is 2.16 bits per heavy atom. The molecule has 0 aromatic heterocycles. The quantitative estimate of drug-likeness (QED) is 0.698. The Hall–Kier alpha value is -1.54. The largest absolute Gasteiger partial charge is 0.454 e. The van der Waals surface area contributed by atoms with Crippen LogP contribution >= 0.6 is 11.6 Å². The highest BCUT2D eigenvalue weighted by Crippen LogP contribution is 2.29. The summed E-state index contributed by atoms with van der Waals surface area (Å²) in [6.07, 6.45) is 0. The molecule has 0 aliphatic carbocycles. The van der Waals surface area contributed by atoms with E-state index in [2.05, 4.69) is 20.8 Å². The first kappa shape index (κ1) is 13.9. The van der Waals surface area contributed by atoms with Gasteiger partial charge < -0.3 is 4.74 Å². The zero-order valence-corrected chi connectivity index (χ0v) is 12.0. The van der Waals surface area contributed by atoms with Crippen molar-refractivity contribution in [3.63, 3.8) is 0 Å². The van der Waals surface area contributed by atoms with Gasteiger partial charge in [0.2, 0.25) is 0 Å². The van der Waals surface area contributed by atoms with Crippen LogP contribution in [-0.2, 0) is 5.41 Å². The second-order valence-electron chi connectivity index (χ2n) is 5.45. The molecule has 0 saturated carbocycles. The van der Waals surface area contributed by atoms with Crippen LogP contribution in [0.25, 0.3) is 0 Å². The Morgan fingerprint density at radius 1 is 1.00 bits per heavy atom. The summed E-state index contributed by atoms with van der Waals surface area (Å²) in [7, 11) is 0. The summed E-state index contributed by atoms with van der Waals surface area (Å²) in [4.78, 5) is 0. The van der Waals surface area contributed by atoms with Gasteiger partial charge in [-0.2, -0.15) is 0 Å². The van der Waals surface area contributed by atoms with Crippen molar-refractivity contribution in [3.05, 3.63) is 58.9 Å². The topological polar surface area (TPSA) is 9.23 Å². The van der Waals surface area contributed by atoms with Crippen LogP contribution in [-0.4, -0.2) is 0 Å². The number of rotatable bonds is 2. The summed E-state index contributed by atoms with van der Waals surface area (Å²) in [5.41, 5.74) is 1.29. The first-order chi connectivity index (χ1) is 8.86. The minimum absolute atomic E-state index is 0.0874. The van der Waals surface area contributed by atoms with E-state index in [1.54, 1.807) is 6.07 Å². The summed E-state index contributed by atoms with van der Waals surface area (Å²) < 4.78 is 19.1. The number of hydrogen-bond donors (Lipinski definition) is 0. The van der Waals surface area contributed by atoms with Gasteiger partial charge in [-0.05, 0) is 41.3 Å². The highest BCUT2D eigenvalue weighted by atomic mass is 35.5. The molecule has 0 amide bonds. The molecule has 0 aliphatic rings. The molecular weight excluding hydrogens is 263 g/mol. The van der Waals surface area contributed by atoms with E-state index in [1.807, 2.05) is 24.3 Å². The van der Waals surface area contributed by atoms with Gasteiger partial charge in [0.25, 0.3) is 0 Å². The van der Waals surface area contributed by atoms with Gasteiger partial charge in [-0.15, -0.1) is 0 Å². The Morgan fingerprint density at radius 2 is 1.63 bits per heavy atom. The SMILES string of the molecule is CC(C)(C)c1ccc(Oc2ccc(Cl)cc2F)cc1. The predicted molar refractivity (Wildman–Crippen MR) is 76.6 cm³/mol. The Kier molecular flexibility index (Phi) is 3.81. The fraction of sp³-hybridized carbons (Fsp3) is 0.250. The van der Waals surface area contributed by atoms with Gasteiger partial charge in [-0.1, -0.05) is 44.5 Å². The lowest BCUT2D eigenvalue weighted by Crippen LogP contribution is -2.10. The first-order valence-corrected chi connectivity index (χ1v) is 6.47. The van der Waals surface area contributed by atoms with E-state index in [-0.39, 0.29) is 11.2 Å². The van der Waals surface area contributed by atoms with E-state index in [0.29, 0.717) is 10.8 Å². The summed E-state index contributed by atoms with van der Waals surface area (Å²) >= 11 is 5.70. The number of hydrogen-bond acceptors (Lipinski definition) is 1. The molecule has 19 heavy (non-hydrogen) atoms. The van der Waals surface area contributed by atoms with Crippen molar-refractivity contribution in [2.24, 2.45) is 0 Å². The molecule has 0 heterocycles. The molecule has 0 radical (unpaired) electrons. The molecule has 0 saturated heterocycles. The minimum atomic E-state index is -0.465. The van der Waals surface area contributed by atoms with Crippen molar-refractivity contribution in [1.82, 2.24) is 0 Å². The van der Waals surface area contributed by atoms with Crippen molar-refractivity contribution in [1.29, 1.82) is 0 Å². The summed E-state index contributed by atoms with van der Waals surface area (Å²) in [6.45, 7) is 6.42. The first-order valence-electron chi connectivity index (χ1n) is 6.10. The number of benzene rings is 2. The van der Waals surface area contributed by atoms with Gasteiger partial charge in [0.1, 0.15) is 5.75 Å². The average Bonchev–Trinajstić information content (AvgIpc) is 2.32. The molecule has 0 fully saturated rings. The van der Waals surface area contributed by atoms with Gasteiger partial charge in [-0.25, -0.2) is 4.39 Å². The monoisotopic (exact) mass is 278 g/mol. The molecule has 1 nitrogen and oxygen atoms in total. The lowest BCUT2D eigenvalue weighted by Gasteiger charge is -2.19. The van der Waals surface area contributed by atoms with Crippen molar-refractivity contribution in [2.45, 2.75) is 26.2 Å². The fourth-order valence-electron chi connectivity index (χ4n) is 1.71. The molecule has 2 rings (SSSR count). The van der Waals surface area contributed by atoms with Gasteiger partial charge in [-0.3, -0.25) is 0 Å². The molecule has 2 aromatic rings. The predicted octanol–water partition coefficient (Wildman–Crippen LogP) is 5.57. The molecule has 0 unspecified atom stereocenters. The minimum Gasteiger partial charge on any atom is -0.454 e. The van der Waals surface area contributed by atoms with Crippen LogP contribution < -0.4 is 4.74 Å². The summed E-state index contributed by atoms with van der Waals surface area (Å²) in [5, 5.41) is 0.355. The highest BCUT2D eigenvalue weighted by molar-refractivity contribution is 6.30. The van der Waals surface area contributed by atoms with E-state index in [1.165, 1.54) is 17.7 Å². The van der Waals surface area contributed by atoms with Gasteiger partial charge in [0.05, 0.1) is 0 Å². The summed E-state index contributed by atoms with van der Waals surface area (Å²) in [5.74, 6) is 0.314. The second kappa shape index (κ2) is 5.22. The molecule has 0 aliphatic heterocycles. The zero-order valence-electron chi connectivity index (χ0n) is 11.2. The maximum Gasteiger partial charge on any atom is 0.167 e. The van der Waals surface area contributed by atoms with Crippen LogP contribution in [0.2, 0.25) is 5.02 Å². The third-order valence-corrected chi connectivity index (χ3v) is 3.08. The molecule has 2 aromatic carbocycles. The van der Waals surface area contributed by atoms with Crippen LogP contribution in [0.1, 0.15) is 26.3 Å². The normalized spacial score (nSPS) is 11.4. The number of ether oxygens (including phenoxy) is 1. The Bertz CT molecular complexity index is 570. The standard InChI is InChI=1S/C16H16ClFO/c1-16(2,3)11-4-7-13(8-5-11)19-15-9-6-12(17)10-14(15)18/h4-10H,1-3H3.